The van der Waals surface area contributed by atoms with E-state index in [1.165, 1.54) is 38.5 Å². The van der Waals surface area contributed by atoms with Crippen LogP contribution in [0.2, 0.25) is 0 Å². The summed E-state index contributed by atoms with van der Waals surface area (Å²) in [5, 5.41) is 13.1. The van der Waals surface area contributed by atoms with E-state index in [-0.39, 0.29) is 0 Å². The molecule has 3 unspecified atom stereocenters. The summed E-state index contributed by atoms with van der Waals surface area (Å²) in [5.41, 5.74) is 0. The minimum absolute atomic E-state index is 0.343. The number of hydrogen-bond donors (Lipinski definition) is 2. The third kappa shape index (κ3) is 4.26. The van der Waals surface area contributed by atoms with Gasteiger partial charge >= 0.3 is 0 Å². The van der Waals surface area contributed by atoms with Crippen LogP contribution in [0.15, 0.2) is 12.7 Å². The Bertz CT molecular complexity index is 193. The maximum Gasteiger partial charge on any atom is 0.0474 e. The summed E-state index contributed by atoms with van der Waals surface area (Å²) in [6.07, 6.45) is 10.4. The van der Waals surface area contributed by atoms with E-state index >= 15 is 0 Å². The van der Waals surface area contributed by atoms with Gasteiger partial charge in [-0.3, -0.25) is 0 Å². The largest absolute Gasteiger partial charge is 0.396 e. The first-order chi connectivity index (χ1) is 7.81. The van der Waals surface area contributed by atoms with Gasteiger partial charge in [-0.25, -0.2) is 0 Å². The van der Waals surface area contributed by atoms with Crippen LogP contribution in [0.1, 0.15) is 51.9 Å². The monoisotopic (exact) mass is 225 g/mol. The Morgan fingerprint density at radius 1 is 1.44 bits per heavy atom. The number of nitrogens with one attached hydrogen (secondary N) is 1. The molecule has 0 saturated heterocycles. The molecule has 0 heterocycles. The van der Waals surface area contributed by atoms with E-state index < -0.39 is 0 Å². The van der Waals surface area contributed by atoms with E-state index in [0.29, 0.717) is 24.6 Å². The minimum Gasteiger partial charge on any atom is -0.396 e. The van der Waals surface area contributed by atoms with Crippen LogP contribution < -0.4 is 5.32 Å². The highest BCUT2D eigenvalue weighted by atomic mass is 16.3. The van der Waals surface area contributed by atoms with Gasteiger partial charge in [0.1, 0.15) is 0 Å². The van der Waals surface area contributed by atoms with Crippen LogP contribution in [0.5, 0.6) is 0 Å². The molecule has 2 nitrogen and oxygen atoms in total. The number of rotatable bonds is 7. The minimum atomic E-state index is 0.343. The fourth-order valence-electron chi connectivity index (χ4n) is 2.67. The molecule has 0 aromatic carbocycles. The molecule has 1 fully saturated rings. The molecule has 0 spiro atoms. The van der Waals surface area contributed by atoms with Gasteiger partial charge in [0.2, 0.25) is 0 Å². The molecule has 16 heavy (non-hydrogen) atoms. The van der Waals surface area contributed by atoms with Gasteiger partial charge in [0.05, 0.1) is 0 Å². The van der Waals surface area contributed by atoms with Crippen LogP contribution in [0.3, 0.4) is 0 Å². The molecule has 0 bridgehead atoms. The van der Waals surface area contributed by atoms with Crippen molar-refractivity contribution in [3.63, 3.8) is 0 Å². The van der Waals surface area contributed by atoms with Crippen LogP contribution >= 0.6 is 0 Å². The van der Waals surface area contributed by atoms with E-state index in [0.717, 1.165) is 6.42 Å². The zero-order valence-corrected chi connectivity index (χ0v) is 10.6. The molecule has 0 aliphatic heterocycles. The number of aliphatic hydroxyl groups is 1. The second-order valence-corrected chi connectivity index (χ2v) is 4.97. The van der Waals surface area contributed by atoms with Gasteiger partial charge in [0, 0.05) is 18.7 Å². The highest BCUT2D eigenvalue weighted by Crippen LogP contribution is 2.25. The van der Waals surface area contributed by atoms with E-state index in [1.54, 1.807) is 0 Å². The highest BCUT2D eigenvalue weighted by Gasteiger charge is 2.25. The lowest BCUT2D eigenvalue weighted by atomic mass is 9.84. The van der Waals surface area contributed by atoms with Gasteiger partial charge in [-0.05, 0) is 38.0 Å². The Kier molecular flexibility index (Phi) is 6.74. The molecule has 0 amide bonds. The number of hydrogen-bond acceptors (Lipinski definition) is 2. The summed E-state index contributed by atoms with van der Waals surface area (Å²) in [4.78, 5) is 0. The van der Waals surface area contributed by atoms with E-state index in [2.05, 4.69) is 18.8 Å². The summed E-state index contributed by atoms with van der Waals surface area (Å²) in [6.45, 7) is 6.35. The third-order valence-electron chi connectivity index (χ3n) is 3.81. The van der Waals surface area contributed by atoms with Gasteiger partial charge in [0.15, 0.2) is 0 Å². The van der Waals surface area contributed by atoms with Crippen molar-refractivity contribution >= 4 is 0 Å². The Labute approximate surface area is 100 Å². The maximum atomic E-state index is 9.37. The van der Waals surface area contributed by atoms with Crippen molar-refractivity contribution < 1.29 is 5.11 Å². The van der Waals surface area contributed by atoms with Crippen molar-refractivity contribution in [2.24, 2.45) is 5.92 Å². The second-order valence-electron chi connectivity index (χ2n) is 4.97. The molecule has 1 rings (SSSR count). The summed E-state index contributed by atoms with van der Waals surface area (Å²) in [5.74, 6) is 0.478. The fourth-order valence-corrected chi connectivity index (χ4v) is 2.67. The molecule has 0 aromatic heterocycles. The average molecular weight is 225 g/mol. The first kappa shape index (κ1) is 13.7. The molecule has 2 N–H and O–H groups in total. The van der Waals surface area contributed by atoms with Crippen LogP contribution in [0.4, 0.5) is 0 Å². The standard InChI is InChI=1S/C14H27NO/c1-3-5-9-13(4-2)15-14-10-7-6-8-12(14)11-16/h3,12-16H,1,4-11H2,2H3. The maximum absolute atomic E-state index is 9.37. The Morgan fingerprint density at radius 2 is 2.19 bits per heavy atom. The summed E-state index contributed by atoms with van der Waals surface area (Å²) in [6, 6.07) is 1.13. The molecule has 3 atom stereocenters. The van der Waals surface area contributed by atoms with Crippen molar-refractivity contribution in [2.75, 3.05) is 6.61 Å². The van der Waals surface area contributed by atoms with Crippen LogP contribution in [-0.4, -0.2) is 23.8 Å². The summed E-state index contributed by atoms with van der Waals surface area (Å²) >= 11 is 0. The van der Waals surface area contributed by atoms with Crippen molar-refractivity contribution in [3.8, 4) is 0 Å². The average Bonchev–Trinajstić information content (AvgIpc) is 2.34. The molecule has 1 saturated carbocycles. The fraction of sp³-hybridized carbons (Fsp3) is 0.857. The lowest BCUT2D eigenvalue weighted by Gasteiger charge is -2.34. The van der Waals surface area contributed by atoms with Gasteiger partial charge in [-0.1, -0.05) is 25.8 Å². The molecule has 0 radical (unpaired) electrons. The van der Waals surface area contributed by atoms with Gasteiger partial charge in [-0.2, -0.15) is 0 Å². The van der Waals surface area contributed by atoms with Gasteiger partial charge in [-0.15, -0.1) is 6.58 Å². The zero-order valence-electron chi connectivity index (χ0n) is 10.6. The molecular weight excluding hydrogens is 198 g/mol. The van der Waals surface area contributed by atoms with Crippen LogP contribution in [-0.2, 0) is 0 Å². The molecule has 2 heteroatoms. The van der Waals surface area contributed by atoms with E-state index in [1.807, 2.05) is 6.08 Å². The van der Waals surface area contributed by atoms with Crippen molar-refractivity contribution in [3.05, 3.63) is 12.7 Å². The molecular formula is C14H27NO. The third-order valence-corrected chi connectivity index (χ3v) is 3.81. The zero-order chi connectivity index (χ0) is 11.8. The topological polar surface area (TPSA) is 32.3 Å². The van der Waals surface area contributed by atoms with Crippen molar-refractivity contribution in [2.45, 2.75) is 64.0 Å². The van der Waals surface area contributed by atoms with Crippen molar-refractivity contribution in [1.82, 2.24) is 5.32 Å². The molecule has 0 aromatic rings. The SMILES string of the molecule is C=CCCC(CC)NC1CCCCC1CO. The Morgan fingerprint density at radius 3 is 2.81 bits per heavy atom. The Hall–Kier alpha value is -0.340. The number of aliphatic hydroxyl groups excluding tert-OH is 1. The normalized spacial score (nSPS) is 27.6. The summed E-state index contributed by atoms with van der Waals surface area (Å²) < 4.78 is 0. The van der Waals surface area contributed by atoms with E-state index in [4.69, 9.17) is 0 Å². The predicted octanol–water partition coefficient (Wildman–Crippen LogP) is 2.87. The molecule has 94 valence electrons. The first-order valence-electron chi connectivity index (χ1n) is 6.79. The Balaban J connectivity index is 2.38. The predicted molar refractivity (Wildman–Crippen MR) is 69.5 cm³/mol. The lowest BCUT2D eigenvalue weighted by molar-refractivity contribution is 0.144. The molecule has 1 aliphatic rings. The first-order valence-corrected chi connectivity index (χ1v) is 6.79. The lowest BCUT2D eigenvalue weighted by Crippen LogP contribution is -2.45. The van der Waals surface area contributed by atoms with Crippen LogP contribution in [0.25, 0.3) is 0 Å². The van der Waals surface area contributed by atoms with Crippen LogP contribution in [0, 0.1) is 5.92 Å². The van der Waals surface area contributed by atoms with Gasteiger partial charge in [0.25, 0.3) is 0 Å². The molecule has 1 aliphatic carbocycles. The summed E-state index contributed by atoms with van der Waals surface area (Å²) in [7, 11) is 0. The second kappa shape index (κ2) is 7.86. The quantitative estimate of drug-likeness (QED) is 0.653. The highest BCUT2D eigenvalue weighted by molar-refractivity contribution is 4.84. The number of allylic oxidation sites excluding steroid dienone is 1. The smallest absolute Gasteiger partial charge is 0.0474 e. The van der Waals surface area contributed by atoms with Crippen molar-refractivity contribution in [1.29, 1.82) is 0 Å². The van der Waals surface area contributed by atoms with Gasteiger partial charge < -0.3 is 10.4 Å². The van der Waals surface area contributed by atoms with E-state index in [9.17, 15) is 5.11 Å².